The number of rotatable bonds is 4. The quantitative estimate of drug-likeness (QED) is 0.790. The summed E-state index contributed by atoms with van der Waals surface area (Å²) >= 11 is 1.06. The van der Waals surface area contributed by atoms with Gasteiger partial charge in [0.2, 0.25) is 10.0 Å². The number of aromatic hydroxyl groups is 1. The third kappa shape index (κ3) is 3.54. The maximum absolute atomic E-state index is 11.6. The van der Waals surface area contributed by atoms with Crippen molar-refractivity contribution in [1.82, 2.24) is 0 Å². The summed E-state index contributed by atoms with van der Waals surface area (Å²) in [5.41, 5.74) is -0.517. The van der Waals surface area contributed by atoms with E-state index in [2.05, 4.69) is 0 Å². The second kappa shape index (κ2) is 5.76. The Labute approximate surface area is 125 Å². The molecule has 0 bridgehead atoms. The molecule has 0 aliphatic heterocycles. The van der Waals surface area contributed by atoms with Crippen LogP contribution < -0.4 is 5.14 Å². The van der Waals surface area contributed by atoms with E-state index in [1.807, 2.05) is 0 Å². The summed E-state index contributed by atoms with van der Waals surface area (Å²) in [6.07, 6.45) is 0. The fourth-order valence-electron chi connectivity index (χ4n) is 1.64. The number of hydrogen-bond donors (Lipinski definition) is 3. The van der Waals surface area contributed by atoms with Gasteiger partial charge < -0.3 is 10.2 Å². The molecule has 0 amide bonds. The topological polar surface area (TPSA) is 118 Å². The number of sulfonamides is 1. The van der Waals surface area contributed by atoms with Crippen molar-refractivity contribution in [2.75, 3.05) is 0 Å². The molecule has 0 aliphatic carbocycles. The number of aromatic carboxylic acids is 1. The van der Waals surface area contributed by atoms with Gasteiger partial charge in [-0.3, -0.25) is 0 Å². The fraction of sp³-hybridized carbons (Fsp3) is 0. The number of nitrogens with two attached hydrogens (primary N) is 1. The first kappa shape index (κ1) is 15.4. The molecule has 2 aromatic rings. The summed E-state index contributed by atoms with van der Waals surface area (Å²) in [4.78, 5) is 11.5. The van der Waals surface area contributed by atoms with Crippen LogP contribution in [0.1, 0.15) is 10.4 Å². The molecular formula is C13H11NO5S2. The Morgan fingerprint density at radius 2 is 1.76 bits per heavy atom. The zero-order chi connectivity index (χ0) is 15.6. The highest BCUT2D eigenvalue weighted by atomic mass is 32.2. The largest absolute Gasteiger partial charge is 0.507 e. The Morgan fingerprint density at radius 3 is 2.29 bits per heavy atom. The minimum absolute atomic E-state index is 0.159. The van der Waals surface area contributed by atoms with Crippen LogP contribution in [0.2, 0.25) is 0 Å². The van der Waals surface area contributed by atoms with Crippen LogP contribution in [0, 0.1) is 0 Å². The maximum atomic E-state index is 11.6. The van der Waals surface area contributed by atoms with Crippen molar-refractivity contribution in [3.05, 3.63) is 48.0 Å². The average molecular weight is 325 g/mol. The van der Waals surface area contributed by atoms with Gasteiger partial charge in [-0.05, 0) is 24.3 Å². The van der Waals surface area contributed by atoms with Gasteiger partial charge in [-0.1, -0.05) is 30.0 Å². The Bertz CT molecular complexity index is 788. The molecule has 0 spiro atoms. The van der Waals surface area contributed by atoms with Crippen LogP contribution >= 0.6 is 11.8 Å². The second-order valence-electron chi connectivity index (χ2n) is 4.08. The Morgan fingerprint density at radius 1 is 1.14 bits per heavy atom. The van der Waals surface area contributed by atoms with E-state index < -0.39 is 27.3 Å². The third-order valence-electron chi connectivity index (χ3n) is 2.57. The molecular weight excluding hydrogens is 314 g/mol. The van der Waals surface area contributed by atoms with Crippen molar-refractivity contribution in [3.63, 3.8) is 0 Å². The minimum atomic E-state index is -4.12. The number of carboxylic acid groups (broad SMARTS) is 1. The van der Waals surface area contributed by atoms with Crippen LogP contribution in [0.15, 0.2) is 57.2 Å². The van der Waals surface area contributed by atoms with Gasteiger partial charge in [-0.2, -0.15) is 0 Å². The van der Waals surface area contributed by atoms with Gasteiger partial charge in [-0.15, -0.1) is 0 Å². The number of carboxylic acids is 1. The predicted molar refractivity (Wildman–Crippen MR) is 77.0 cm³/mol. The van der Waals surface area contributed by atoms with E-state index in [4.69, 9.17) is 10.2 Å². The van der Waals surface area contributed by atoms with Crippen molar-refractivity contribution in [3.8, 4) is 5.75 Å². The summed E-state index contributed by atoms with van der Waals surface area (Å²) in [7, 11) is -4.12. The van der Waals surface area contributed by atoms with Crippen LogP contribution in [0.5, 0.6) is 5.75 Å². The molecule has 0 saturated carbocycles. The summed E-state index contributed by atoms with van der Waals surface area (Å²) in [6.45, 7) is 0. The molecule has 0 unspecified atom stereocenters. The molecule has 0 heterocycles. The Hall–Kier alpha value is -2.03. The molecule has 2 rings (SSSR count). The van der Waals surface area contributed by atoms with E-state index >= 15 is 0 Å². The summed E-state index contributed by atoms with van der Waals surface area (Å²) in [5, 5.41) is 23.7. The lowest BCUT2D eigenvalue weighted by atomic mass is 10.2. The van der Waals surface area contributed by atoms with E-state index in [9.17, 15) is 18.3 Å². The van der Waals surface area contributed by atoms with Crippen molar-refractivity contribution in [2.24, 2.45) is 5.14 Å². The number of hydrogen-bond acceptors (Lipinski definition) is 5. The third-order valence-corrected chi connectivity index (χ3v) is 4.72. The van der Waals surface area contributed by atoms with Crippen molar-refractivity contribution < 1.29 is 23.4 Å². The Kier molecular flexibility index (Phi) is 4.21. The Balaban J connectivity index is 2.59. The van der Waals surface area contributed by atoms with Gasteiger partial charge >= 0.3 is 5.97 Å². The zero-order valence-corrected chi connectivity index (χ0v) is 12.2. The SMILES string of the molecule is NS(=O)(=O)c1cc(C(=O)O)c(O)cc1Sc1ccccc1. The van der Waals surface area contributed by atoms with Gasteiger partial charge in [0.05, 0.1) is 4.90 Å². The molecule has 0 atom stereocenters. The van der Waals surface area contributed by atoms with Crippen molar-refractivity contribution in [2.45, 2.75) is 14.7 Å². The monoisotopic (exact) mass is 325 g/mol. The molecule has 0 radical (unpaired) electrons. The normalized spacial score (nSPS) is 11.3. The van der Waals surface area contributed by atoms with Gasteiger partial charge in [0.1, 0.15) is 11.3 Å². The standard InChI is InChI=1S/C13H11NO5S2/c14-21(18,19)12-6-9(13(16)17)10(15)7-11(12)20-8-4-2-1-3-5-8/h1-7,15H,(H,16,17)(H2,14,18,19). The zero-order valence-electron chi connectivity index (χ0n) is 10.6. The smallest absolute Gasteiger partial charge is 0.339 e. The molecule has 8 heteroatoms. The molecule has 6 nitrogen and oxygen atoms in total. The molecule has 4 N–H and O–H groups in total. The van der Waals surface area contributed by atoms with E-state index in [-0.39, 0.29) is 9.79 Å². The van der Waals surface area contributed by atoms with E-state index in [0.29, 0.717) is 0 Å². The highest BCUT2D eigenvalue weighted by Crippen LogP contribution is 2.36. The minimum Gasteiger partial charge on any atom is -0.507 e. The summed E-state index contributed by atoms with van der Waals surface area (Å²) in [5.74, 6) is -1.96. The van der Waals surface area contributed by atoms with Crippen LogP contribution in [0.3, 0.4) is 0 Å². The first-order chi connectivity index (χ1) is 9.79. The van der Waals surface area contributed by atoms with E-state index in [0.717, 1.165) is 28.8 Å². The number of benzene rings is 2. The molecule has 110 valence electrons. The van der Waals surface area contributed by atoms with E-state index in [1.165, 1.54) is 0 Å². The lowest BCUT2D eigenvalue weighted by Crippen LogP contribution is -2.14. The lowest BCUT2D eigenvalue weighted by Gasteiger charge is -2.10. The number of carbonyl (C=O) groups is 1. The first-order valence-electron chi connectivity index (χ1n) is 5.65. The van der Waals surface area contributed by atoms with Gasteiger partial charge in [0, 0.05) is 9.79 Å². The van der Waals surface area contributed by atoms with Crippen LogP contribution in [0.25, 0.3) is 0 Å². The number of phenols is 1. The predicted octanol–water partition coefficient (Wildman–Crippen LogP) is 1.89. The van der Waals surface area contributed by atoms with Gasteiger partial charge in [-0.25, -0.2) is 18.4 Å². The van der Waals surface area contributed by atoms with Crippen molar-refractivity contribution >= 4 is 27.8 Å². The fourth-order valence-corrected chi connectivity index (χ4v) is 3.61. The van der Waals surface area contributed by atoms with Crippen molar-refractivity contribution in [1.29, 1.82) is 0 Å². The summed E-state index contributed by atoms with van der Waals surface area (Å²) < 4.78 is 23.2. The number of primary sulfonamides is 1. The molecule has 0 aromatic heterocycles. The van der Waals surface area contributed by atoms with Crippen LogP contribution in [-0.4, -0.2) is 24.6 Å². The first-order valence-corrected chi connectivity index (χ1v) is 8.01. The highest BCUT2D eigenvalue weighted by Gasteiger charge is 2.21. The van der Waals surface area contributed by atoms with Crippen LogP contribution in [-0.2, 0) is 10.0 Å². The second-order valence-corrected chi connectivity index (χ2v) is 6.73. The molecule has 2 aromatic carbocycles. The summed E-state index contributed by atoms with van der Waals surface area (Å²) in [6, 6.07) is 10.8. The molecule has 0 fully saturated rings. The lowest BCUT2D eigenvalue weighted by molar-refractivity contribution is 0.0693. The van der Waals surface area contributed by atoms with Gasteiger partial charge in [0.15, 0.2) is 0 Å². The molecule has 21 heavy (non-hydrogen) atoms. The average Bonchev–Trinajstić information content (AvgIpc) is 2.38. The highest BCUT2D eigenvalue weighted by molar-refractivity contribution is 8.00. The molecule has 0 aliphatic rings. The molecule has 0 saturated heterocycles. The maximum Gasteiger partial charge on any atom is 0.339 e. The van der Waals surface area contributed by atoms with Gasteiger partial charge in [0.25, 0.3) is 0 Å². The van der Waals surface area contributed by atoms with Crippen LogP contribution in [0.4, 0.5) is 0 Å². The van der Waals surface area contributed by atoms with E-state index in [1.54, 1.807) is 30.3 Å².